The Bertz CT molecular complexity index is 905. The van der Waals surface area contributed by atoms with E-state index in [0.29, 0.717) is 5.92 Å². The first kappa shape index (κ1) is 18.5. The number of fused-ring (bicyclic) bond motifs is 1. The number of para-hydroxylation sites is 1. The minimum Gasteiger partial charge on any atom is -0.325 e. The first-order chi connectivity index (χ1) is 12.6. The molecular formula is C23H25NOS. The summed E-state index contributed by atoms with van der Waals surface area (Å²) in [5.74, 6) is 0.467. The fourth-order valence-corrected chi connectivity index (χ4v) is 3.91. The largest absolute Gasteiger partial charge is 0.325 e. The Kier molecular flexibility index (Phi) is 6.00. The van der Waals surface area contributed by atoms with Crippen LogP contribution in [-0.2, 0) is 4.79 Å². The van der Waals surface area contributed by atoms with Crippen LogP contribution < -0.4 is 5.32 Å². The van der Waals surface area contributed by atoms with E-state index in [2.05, 4.69) is 55.6 Å². The third kappa shape index (κ3) is 4.28. The molecule has 3 aromatic rings. The van der Waals surface area contributed by atoms with Gasteiger partial charge in [-0.3, -0.25) is 4.79 Å². The maximum absolute atomic E-state index is 12.7. The van der Waals surface area contributed by atoms with Crippen molar-refractivity contribution in [1.82, 2.24) is 0 Å². The SMILES string of the molecule is CC[C@@H](C)c1ccccc1NC(=O)[C@@H](C)Sc1ccc2ccccc2c1. The Morgan fingerprint density at radius 2 is 1.65 bits per heavy atom. The molecule has 2 atom stereocenters. The summed E-state index contributed by atoms with van der Waals surface area (Å²) in [5.41, 5.74) is 2.13. The van der Waals surface area contributed by atoms with E-state index in [1.54, 1.807) is 11.8 Å². The Labute approximate surface area is 160 Å². The van der Waals surface area contributed by atoms with Crippen molar-refractivity contribution in [2.24, 2.45) is 0 Å². The fourth-order valence-electron chi connectivity index (χ4n) is 2.99. The summed E-state index contributed by atoms with van der Waals surface area (Å²) in [5, 5.41) is 5.38. The van der Waals surface area contributed by atoms with Gasteiger partial charge in [-0.2, -0.15) is 0 Å². The molecule has 3 aromatic carbocycles. The number of rotatable bonds is 6. The van der Waals surface area contributed by atoms with Crippen molar-refractivity contribution in [1.29, 1.82) is 0 Å². The van der Waals surface area contributed by atoms with Gasteiger partial charge < -0.3 is 5.32 Å². The molecule has 0 aliphatic carbocycles. The van der Waals surface area contributed by atoms with E-state index < -0.39 is 0 Å². The Morgan fingerprint density at radius 1 is 0.962 bits per heavy atom. The van der Waals surface area contributed by atoms with Crippen LogP contribution in [0, 0.1) is 0 Å². The molecule has 0 unspecified atom stereocenters. The van der Waals surface area contributed by atoms with Crippen molar-refractivity contribution >= 4 is 34.1 Å². The number of anilines is 1. The molecule has 0 aromatic heterocycles. The topological polar surface area (TPSA) is 29.1 Å². The van der Waals surface area contributed by atoms with E-state index in [1.165, 1.54) is 16.3 Å². The van der Waals surface area contributed by atoms with Gasteiger partial charge in [0.25, 0.3) is 0 Å². The van der Waals surface area contributed by atoms with E-state index in [1.807, 2.05) is 37.3 Å². The zero-order valence-corrected chi connectivity index (χ0v) is 16.3. The lowest BCUT2D eigenvalue weighted by Gasteiger charge is -2.18. The number of amides is 1. The number of carbonyl (C=O) groups excluding carboxylic acids is 1. The lowest BCUT2D eigenvalue weighted by molar-refractivity contribution is -0.115. The molecule has 2 nitrogen and oxygen atoms in total. The highest BCUT2D eigenvalue weighted by Crippen LogP contribution is 2.30. The summed E-state index contributed by atoms with van der Waals surface area (Å²) in [6, 6.07) is 22.7. The maximum Gasteiger partial charge on any atom is 0.237 e. The molecule has 0 aliphatic heterocycles. The van der Waals surface area contributed by atoms with E-state index in [-0.39, 0.29) is 11.2 Å². The van der Waals surface area contributed by atoms with Crippen LogP contribution in [-0.4, -0.2) is 11.2 Å². The summed E-state index contributed by atoms with van der Waals surface area (Å²) in [6.45, 7) is 6.32. The van der Waals surface area contributed by atoms with E-state index in [4.69, 9.17) is 0 Å². The molecule has 134 valence electrons. The predicted octanol–water partition coefficient (Wildman–Crippen LogP) is 6.47. The molecule has 0 fully saturated rings. The van der Waals surface area contributed by atoms with Crippen molar-refractivity contribution in [3.8, 4) is 0 Å². The summed E-state index contributed by atoms with van der Waals surface area (Å²) < 4.78 is 0. The van der Waals surface area contributed by atoms with Gasteiger partial charge in [-0.05, 0) is 53.8 Å². The van der Waals surface area contributed by atoms with Crippen molar-refractivity contribution in [2.45, 2.75) is 43.3 Å². The first-order valence-corrected chi connectivity index (χ1v) is 10.0. The molecule has 3 heteroatoms. The molecule has 26 heavy (non-hydrogen) atoms. The second kappa shape index (κ2) is 8.41. The summed E-state index contributed by atoms with van der Waals surface area (Å²) in [6.07, 6.45) is 1.05. The molecule has 3 rings (SSSR count). The Morgan fingerprint density at radius 3 is 2.42 bits per heavy atom. The van der Waals surface area contributed by atoms with Crippen LogP contribution in [0.2, 0.25) is 0 Å². The van der Waals surface area contributed by atoms with Crippen molar-refractivity contribution in [3.05, 3.63) is 72.3 Å². The fraction of sp³-hybridized carbons (Fsp3) is 0.261. The van der Waals surface area contributed by atoms with Gasteiger partial charge >= 0.3 is 0 Å². The van der Waals surface area contributed by atoms with Gasteiger partial charge in [-0.25, -0.2) is 0 Å². The summed E-state index contributed by atoms with van der Waals surface area (Å²) >= 11 is 1.59. The average molecular weight is 364 g/mol. The van der Waals surface area contributed by atoms with Gasteiger partial charge in [0, 0.05) is 10.6 Å². The van der Waals surface area contributed by atoms with E-state index >= 15 is 0 Å². The molecule has 0 radical (unpaired) electrons. The van der Waals surface area contributed by atoms with Crippen LogP contribution in [0.5, 0.6) is 0 Å². The monoisotopic (exact) mass is 363 g/mol. The van der Waals surface area contributed by atoms with E-state index in [0.717, 1.165) is 17.0 Å². The zero-order chi connectivity index (χ0) is 18.5. The lowest BCUT2D eigenvalue weighted by Crippen LogP contribution is -2.23. The van der Waals surface area contributed by atoms with Gasteiger partial charge in [-0.15, -0.1) is 11.8 Å². The van der Waals surface area contributed by atoms with Gasteiger partial charge in [0.2, 0.25) is 5.91 Å². The number of nitrogens with one attached hydrogen (secondary N) is 1. The molecule has 0 saturated carbocycles. The second-order valence-electron chi connectivity index (χ2n) is 6.65. The third-order valence-electron chi connectivity index (χ3n) is 4.76. The van der Waals surface area contributed by atoms with Crippen LogP contribution in [0.1, 0.15) is 38.7 Å². The number of thioether (sulfide) groups is 1. The van der Waals surface area contributed by atoms with Crippen molar-refractivity contribution in [3.63, 3.8) is 0 Å². The lowest BCUT2D eigenvalue weighted by atomic mass is 9.97. The normalized spacial score (nSPS) is 13.3. The second-order valence-corrected chi connectivity index (χ2v) is 8.07. The van der Waals surface area contributed by atoms with Gasteiger partial charge in [0.15, 0.2) is 0 Å². The Balaban J connectivity index is 1.71. The molecule has 0 bridgehead atoms. The minimum absolute atomic E-state index is 0.0407. The minimum atomic E-state index is -0.166. The van der Waals surface area contributed by atoms with Crippen molar-refractivity contribution in [2.75, 3.05) is 5.32 Å². The van der Waals surface area contributed by atoms with Crippen LogP contribution in [0.4, 0.5) is 5.69 Å². The number of hydrogen-bond acceptors (Lipinski definition) is 2. The van der Waals surface area contributed by atoms with Crippen LogP contribution in [0.25, 0.3) is 10.8 Å². The summed E-state index contributed by atoms with van der Waals surface area (Å²) in [7, 11) is 0. The molecule has 0 spiro atoms. The number of hydrogen-bond donors (Lipinski definition) is 1. The van der Waals surface area contributed by atoms with Crippen molar-refractivity contribution < 1.29 is 4.79 Å². The highest BCUT2D eigenvalue weighted by molar-refractivity contribution is 8.00. The maximum atomic E-state index is 12.7. The van der Waals surface area contributed by atoms with Crippen LogP contribution in [0.15, 0.2) is 71.6 Å². The average Bonchev–Trinajstić information content (AvgIpc) is 2.67. The molecule has 0 saturated heterocycles. The van der Waals surface area contributed by atoms with Gasteiger partial charge in [-0.1, -0.05) is 62.4 Å². The standard InChI is InChI=1S/C23H25NOS/c1-4-16(2)21-11-7-8-12-22(21)24-23(25)17(3)26-20-14-13-18-9-5-6-10-19(18)15-20/h5-17H,4H2,1-3H3,(H,24,25)/t16-,17-/m1/s1. The Hall–Kier alpha value is -2.26. The molecular weight excluding hydrogens is 338 g/mol. The van der Waals surface area contributed by atoms with Gasteiger partial charge in [0.05, 0.1) is 5.25 Å². The highest BCUT2D eigenvalue weighted by Gasteiger charge is 2.17. The quantitative estimate of drug-likeness (QED) is 0.508. The predicted molar refractivity (Wildman–Crippen MR) is 113 cm³/mol. The molecule has 0 heterocycles. The number of benzene rings is 3. The van der Waals surface area contributed by atoms with Crippen LogP contribution >= 0.6 is 11.8 Å². The first-order valence-electron chi connectivity index (χ1n) is 9.13. The molecule has 1 N–H and O–H groups in total. The van der Waals surface area contributed by atoms with E-state index in [9.17, 15) is 4.79 Å². The third-order valence-corrected chi connectivity index (χ3v) is 5.86. The van der Waals surface area contributed by atoms with Gasteiger partial charge in [0.1, 0.15) is 0 Å². The highest BCUT2D eigenvalue weighted by atomic mass is 32.2. The van der Waals surface area contributed by atoms with Crippen LogP contribution in [0.3, 0.4) is 0 Å². The zero-order valence-electron chi connectivity index (χ0n) is 15.5. The molecule has 1 amide bonds. The number of carbonyl (C=O) groups is 1. The smallest absolute Gasteiger partial charge is 0.237 e. The summed E-state index contributed by atoms with van der Waals surface area (Å²) in [4.78, 5) is 13.8. The molecule has 0 aliphatic rings.